The van der Waals surface area contributed by atoms with Crippen LogP contribution in [0.5, 0.6) is 0 Å². The molecule has 0 atom stereocenters. The minimum absolute atomic E-state index is 0.0682. The molecular weight excluding hydrogens is 340 g/mol. The molecule has 0 bridgehead atoms. The normalized spacial score (nSPS) is 16.0. The predicted molar refractivity (Wildman–Crippen MR) is 101 cm³/mol. The molecule has 0 saturated carbocycles. The second-order valence-electron chi connectivity index (χ2n) is 6.78. The van der Waals surface area contributed by atoms with E-state index in [4.69, 9.17) is 11.6 Å². The Morgan fingerprint density at radius 2 is 1.60 bits per heavy atom. The summed E-state index contributed by atoms with van der Waals surface area (Å²) < 4.78 is 0. The summed E-state index contributed by atoms with van der Waals surface area (Å²) in [4.78, 5) is 28.2. The molecule has 0 unspecified atom stereocenters. The van der Waals surface area contributed by atoms with Crippen LogP contribution in [0.4, 0.5) is 5.69 Å². The summed E-state index contributed by atoms with van der Waals surface area (Å²) in [5, 5.41) is 6.31. The van der Waals surface area contributed by atoms with Crippen molar-refractivity contribution < 1.29 is 9.59 Å². The number of piperazine rings is 1. The number of hydrogen-bond donors (Lipinski definition) is 2. The fraction of sp³-hybridized carbons (Fsp3) is 0.556. The SMILES string of the molecule is CC(C)CNC(=O)CN1CCN(CC(=O)Nc2ccccc2Cl)CC1. The molecule has 7 heteroatoms. The first-order chi connectivity index (χ1) is 11.9. The quantitative estimate of drug-likeness (QED) is 0.770. The molecule has 1 aliphatic heterocycles. The second-order valence-corrected chi connectivity index (χ2v) is 7.19. The zero-order chi connectivity index (χ0) is 18.2. The summed E-state index contributed by atoms with van der Waals surface area (Å²) in [5.41, 5.74) is 0.634. The van der Waals surface area contributed by atoms with Crippen molar-refractivity contribution in [3.8, 4) is 0 Å². The molecular formula is C18H27ClN4O2. The molecule has 1 aromatic carbocycles. The molecule has 0 radical (unpaired) electrons. The maximum Gasteiger partial charge on any atom is 0.238 e. The number of halogens is 1. The predicted octanol–water partition coefficient (Wildman–Crippen LogP) is 1.67. The molecule has 0 aromatic heterocycles. The number of benzene rings is 1. The Morgan fingerprint density at radius 1 is 1.04 bits per heavy atom. The van der Waals surface area contributed by atoms with Crippen LogP contribution in [0, 0.1) is 5.92 Å². The van der Waals surface area contributed by atoms with Crippen molar-refractivity contribution in [3.05, 3.63) is 29.3 Å². The molecule has 1 aromatic rings. The standard InChI is InChI=1S/C18H27ClN4O2/c1-14(2)11-20-17(24)12-22-7-9-23(10-8-22)13-18(25)21-16-6-4-3-5-15(16)19/h3-6,14H,7-13H2,1-2H3,(H,20,24)(H,21,25). The van der Waals surface area contributed by atoms with E-state index in [0.29, 0.717) is 36.3 Å². The molecule has 25 heavy (non-hydrogen) atoms. The average Bonchev–Trinajstić information content (AvgIpc) is 2.57. The van der Waals surface area contributed by atoms with Crippen molar-refractivity contribution in [2.45, 2.75) is 13.8 Å². The summed E-state index contributed by atoms with van der Waals surface area (Å²) in [5.74, 6) is 0.451. The number of carbonyl (C=O) groups is 2. The lowest BCUT2D eigenvalue weighted by Crippen LogP contribution is -2.51. The minimum Gasteiger partial charge on any atom is -0.355 e. The Labute approximate surface area is 154 Å². The van der Waals surface area contributed by atoms with Crippen molar-refractivity contribution in [3.63, 3.8) is 0 Å². The topological polar surface area (TPSA) is 64.7 Å². The van der Waals surface area contributed by atoms with Gasteiger partial charge in [-0.05, 0) is 18.1 Å². The van der Waals surface area contributed by atoms with Gasteiger partial charge in [0, 0.05) is 32.7 Å². The maximum absolute atomic E-state index is 12.2. The monoisotopic (exact) mass is 366 g/mol. The van der Waals surface area contributed by atoms with Crippen LogP contribution in [-0.4, -0.2) is 67.4 Å². The van der Waals surface area contributed by atoms with E-state index in [2.05, 4.69) is 34.3 Å². The Balaban J connectivity index is 1.69. The molecule has 0 aliphatic carbocycles. The number of rotatable bonds is 7. The number of nitrogens with one attached hydrogen (secondary N) is 2. The van der Waals surface area contributed by atoms with Gasteiger partial charge in [0.2, 0.25) is 11.8 Å². The first-order valence-corrected chi connectivity index (χ1v) is 9.07. The lowest BCUT2D eigenvalue weighted by molar-refractivity contribution is -0.123. The van der Waals surface area contributed by atoms with Gasteiger partial charge in [0.25, 0.3) is 0 Å². The molecule has 1 saturated heterocycles. The molecule has 6 nitrogen and oxygen atoms in total. The summed E-state index contributed by atoms with van der Waals surface area (Å²) >= 11 is 6.05. The van der Waals surface area contributed by atoms with Crippen molar-refractivity contribution in [2.24, 2.45) is 5.92 Å². The largest absolute Gasteiger partial charge is 0.355 e. The number of carbonyl (C=O) groups excluding carboxylic acids is 2. The van der Waals surface area contributed by atoms with E-state index in [0.717, 1.165) is 26.2 Å². The third-order valence-electron chi connectivity index (χ3n) is 4.05. The molecule has 2 amide bonds. The van der Waals surface area contributed by atoms with E-state index in [9.17, 15) is 9.59 Å². The van der Waals surface area contributed by atoms with Crippen LogP contribution in [0.15, 0.2) is 24.3 Å². The molecule has 1 aliphatic rings. The number of para-hydroxylation sites is 1. The highest BCUT2D eigenvalue weighted by Crippen LogP contribution is 2.20. The van der Waals surface area contributed by atoms with Crippen LogP contribution >= 0.6 is 11.6 Å². The van der Waals surface area contributed by atoms with Crippen LogP contribution in [0.1, 0.15) is 13.8 Å². The second kappa shape index (κ2) is 9.75. The van der Waals surface area contributed by atoms with Crippen molar-refractivity contribution in [2.75, 3.05) is 51.1 Å². The zero-order valence-corrected chi connectivity index (χ0v) is 15.7. The number of hydrogen-bond acceptors (Lipinski definition) is 4. The van der Waals surface area contributed by atoms with Crippen LogP contribution in [0.3, 0.4) is 0 Å². The van der Waals surface area contributed by atoms with Crippen molar-refractivity contribution in [1.29, 1.82) is 0 Å². The number of anilines is 1. The summed E-state index contributed by atoms with van der Waals surface area (Å²) in [6.45, 7) is 8.73. The molecule has 1 heterocycles. The highest BCUT2D eigenvalue weighted by Gasteiger charge is 2.20. The summed E-state index contributed by atoms with van der Waals surface area (Å²) in [6, 6.07) is 7.20. The van der Waals surface area contributed by atoms with Crippen LogP contribution < -0.4 is 10.6 Å². The van der Waals surface area contributed by atoms with Gasteiger partial charge < -0.3 is 10.6 Å². The number of amides is 2. The Bertz CT molecular complexity index is 586. The minimum atomic E-state index is -0.0729. The first-order valence-electron chi connectivity index (χ1n) is 8.70. The average molecular weight is 367 g/mol. The van der Waals surface area contributed by atoms with E-state index >= 15 is 0 Å². The van der Waals surface area contributed by atoms with Gasteiger partial charge in [-0.15, -0.1) is 0 Å². The van der Waals surface area contributed by atoms with Crippen LogP contribution in [-0.2, 0) is 9.59 Å². The van der Waals surface area contributed by atoms with Gasteiger partial charge in [0.1, 0.15) is 0 Å². The molecule has 2 N–H and O–H groups in total. The highest BCUT2D eigenvalue weighted by atomic mass is 35.5. The fourth-order valence-corrected chi connectivity index (χ4v) is 2.82. The molecule has 138 valence electrons. The first kappa shape index (κ1) is 19.7. The highest BCUT2D eigenvalue weighted by molar-refractivity contribution is 6.33. The number of nitrogens with zero attached hydrogens (tertiary/aromatic N) is 2. The van der Waals surface area contributed by atoms with Gasteiger partial charge in [0.15, 0.2) is 0 Å². The maximum atomic E-state index is 12.2. The van der Waals surface area contributed by atoms with E-state index in [1.54, 1.807) is 12.1 Å². The Morgan fingerprint density at radius 3 is 2.16 bits per heavy atom. The Hall–Kier alpha value is -1.63. The molecule has 2 rings (SSSR count). The van der Waals surface area contributed by atoms with E-state index in [1.165, 1.54) is 0 Å². The van der Waals surface area contributed by atoms with Gasteiger partial charge in [-0.1, -0.05) is 37.6 Å². The van der Waals surface area contributed by atoms with Gasteiger partial charge in [-0.25, -0.2) is 0 Å². The van der Waals surface area contributed by atoms with Gasteiger partial charge >= 0.3 is 0 Å². The Kier molecular flexibility index (Phi) is 7.68. The third kappa shape index (κ3) is 7.02. The van der Waals surface area contributed by atoms with E-state index in [-0.39, 0.29) is 11.8 Å². The van der Waals surface area contributed by atoms with E-state index < -0.39 is 0 Å². The lowest BCUT2D eigenvalue weighted by atomic mass is 10.2. The smallest absolute Gasteiger partial charge is 0.238 e. The van der Waals surface area contributed by atoms with Crippen molar-refractivity contribution >= 4 is 29.1 Å². The van der Waals surface area contributed by atoms with Crippen LogP contribution in [0.25, 0.3) is 0 Å². The lowest BCUT2D eigenvalue weighted by Gasteiger charge is -2.33. The molecule has 0 spiro atoms. The van der Waals surface area contributed by atoms with E-state index in [1.807, 2.05) is 12.1 Å². The summed E-state index contributed by atoms with van der Waals surface area (Å²) in [7, 11) is 0. The third-order valence-corrected chi connectivity index (χ3v) is 4.38. The van der Waals surface area contributed by atoms with Gasteiger partial charge in [-0.3, -0.25) is 19.4 Å². The summed E-state index contributed by atoms with van der Waals surface area (Å²) in [6.07, 6.45) is 0. The van der Waals surface area contributed by atoms with Crippen molar-refractivity contribution in [1.82, 2.24) is 15.1 Å². The van der Waals surface area contributed by atoms with Crippen LogP contribution in [0.2, 0.25) is 5.02 Å². The zero-order valence-electron chi connectivity index (χ0n) is 14.9. The fourth-order valence-electron chi connectivity index (χ4n) is 2.64. The van der Waals surface area contributed by atoms with Gasteiger partial charge in [-0.2, -0.15) is 0 Å². The van der Waals surface area contributed by atoms with Gasteiger partial charge in [0.05, 0.1) is 23.8 Å². The molecule has 1 fully saturated rings.